The van der Waals surface area contributed by atoms with Gasteiger partial charge in [-0.25, -0.2) is 0 Å². The first kappa shape index (κ1) is 31.6. The average molecular weight is 690 g/mol. The Kier molecular flexibility index (Phi) is 7.85. The average Bonchev–Trinajstić information content (AvgIpc) is 3.63. The fraction of sp³-hybridized carbons (Fsp3) is 0. The van der Waals surface area contributed by atoms with E-state index in [2.05, 4.69) is 205 Å². The minimum atomic E-state index is 0.886. The molecule has 0 bridgehead atoms. The second kappa shape index (κ2) is 13.4. The molecule has 0 aliphatic rings. The zero-order valence-corrected chi connectivity index (χ0v) is 29.6. The van der Waals surface area contributed by atoms with Crippen LogP contribution in [0.15, 0.2) is 217 Å². The lowest BCUT2D eigenvalue weighted by Gasteiger charge is -2.26. The SMILES string of the molecule is c1ccc(-c2ccc(N(c3ccc(-c4cccc(-c5cccc(-c6cccc7ccccc67)c5)c4)cc3)c3ccc4oc5ccccc5c4c3)cc2)cc1. The minimum Gasteiger partial charge on any atom is -0.456 e. The largest absolute Gasteiger partial charge is 0.456 e. The highest BCUT2D eigenvalue weighted by atomic mass is 16.3. The summed E-state index contributed by atoms with van der Waals surface area (Å²) in [6.07, 6.45) is 0. The molecule has 254 valence electrons. The van der Waals surface area contributed by atoms with Crippen molar-refractivity contribution in [3.63, 3.8) is 0 Å². The minimum absolute atomic E-state index is 0.886. The quantitative estimate of drug-likeness (QED) is 0.166. The molecule has 0 saturated heterocycles. The predicted molar refractivity (Wildman–Crippen MR) is 228 cm³/mol. The Morgan fingerprint density at radius 3 is 1.50 bits per heavy atom. The van der Waals surface area contributed by atoms with E-state index in [9.17, 15) is 0 Å². The summed E-state index contributed by atoms with van der Waals surface area (Å²) < 4.78 is 6.20. The number of fused-ring (bicyclic) bond motifs is 4. The molecule has 0 unspecified atom stereocenters. The number of nitrogens with zero attached hydrogens (tertiary/aromatic N) is 1. The monoisotopic (exact) mass is 689 g/mol. The zero-order chi connectivity index (χ0) is 35.8. The van der Waals surface area contributed by atoms with E-state index in [4.69, 9.17) is 4.42 Å². The first-order valence-corrected chi connectivity index (χ1v) is 18.4. The Morgan fingerprint density at radius 1 is 0.278 bits per heavy atom. The molecule has 0 saturated carbocycles. The number of anilines is 3. The summed E-state index contributed by atoms with van der Waals surface area (Å²) in [4.78, 5) is 2.33. The van der Waals surface area contributed by atoms with Crippen LogP contribution in [0.3, 0.4) is 0 Å². The summed E-state index contributed by atoms with van der Waals surface area (Å²) in [5.41, 5.74) is 14.6. The Bertz CT molecular complexity index is 2920. The van der Waals surface area contributed by atoms with E-state index in [1.807, 2.05) is 12.1 Å². The molecule has 0 atom stereocenters. The molecule has 1 aromatic heterocycles. The van der Waals surface area contributed by atoms with Gasteiger partial charge in [-0.2, -0.15) is 0 Å². The van der Waals surface area contributed by atoms with Gasteiger partial charge in [-0.15, -0.1) is 0 Å². The van der Waals surface area contributed by atoms with Gasteiger partial charge in [0.15, 0.2) is 0 Å². The van der Waals surface area contributed by atoms with Crippen molar-refractivity contribution in [1.29, 1.82) is 0 Å². The third kappa shape index (κ3) is 5.81. The number of rotatable bonds is 7. The molecule has 9 aromatic carbocycles. The molecule has 54 heavy (non-hydrogen) atoms. The van der Waals surface area contributed by atoms with Crippen LogP contribution in [0.2, 0.25) is 0 Å². The summed E-state index contributed by atoms with van der Waals surface area (Å²) in [7, 11) is 0. The smallest absolute Gasteiger partial charge is 0.135 e. The van der Waals surface area contributed by atoms with Crippen LogP contribution >= 0.6 is 0 Å². The van der Waals surface area contributed by atoms with Crippen molar-refractivity contribution in [3.05, 3.63) is 212 Å². The van der Waals surface area contributed by atoms with E-state index in [-0.39, 0.29) is 0 Å². The Hall–Kier alpha value is -7.16. The second-order valence-electron chi connectivity index (χ2n) is 13.8. The molecule has 10 aromatic rings. The van der Waals surface area contributed by atoms with Crippen LogP contribution in [0.4, 0.5) is 17.1 Å². The van der Waals surface area contributed by atoms with Crippen molar-refractivity contribution in [2.24, 2.45) is 0 Å². The normalized spacial score (nSPS) is 11.3. The fourth-order valence-electron chi connectivity index (χ4n) is 7.76. The van der Waals surface area contributed by atoms with Gasteiger partial charge in [-0.1, -0.05) is 152 Å². The first-order chi connectivity index (χ1) is 26.7. The van der Waals surface area contributed by atoms with Gasteiger partial charge in [-0.3, -0.25) is 0 Å². The van der Waals surface area contributed by atoms with E-state index in [1.54, 1.807) is 0 Å². The Morgan fingerprint density at radius 2 is 0.759 bits per heavy atom. The maximum atomic E-state index is 6.20. The summed E-state index contributed by atoms with van der Waals surface area (Å²) in [5, 5.41) is 4.74. The van der Waals surface area contributed by atoms with Crippen molar-refractivity contribution in [2.45, 2.75) is 0 Å². The van der Waals surface area contributed by atoms with Crippen molar-refractivity contribution >= 4 is 49.8 Å². The van der Waals surface area contributed by atoms with Crippen LogP contribution in [0, 0.1) is 0 Å². The van der Waals surface area contributed by atoms with Crippen LogP contribution in [-0.2, 0) is 0 Å². The molecule has 1 heterocycles. The number of hydrogen-bond acceptors (Lipinski definition) is 2. The molecule has 0 N–H and O–H groups in total. The van der Waals surface area contributed by atoms with E-state index in [0.29, 0.717) is 0 Å². The molecule has 0 amide bonds. The lowest BCUT2D eigenvalue weighted by molar-refractivity contribution is 0.669. The van der Waals surface area contributed by atoms with E-state index in [0.717, 1.165) is 39.0 Å². The number of para-hydroxylation sites is 1. The van der Waals surface area contributed by atoms with Crippen LogP contribution in [-0.4, -0.2) is 0 Å². The molecule has 0 aliphatic carbocycles. The van der Waals surface area contributed by atoms with Crippen molar-refractivity contribution in [2.75, 3.05) is 4.90 Å². The fourth-order valence-corrected chi connectivity index (χ4v) is 7.76. The second-order valence-corrected chi connectivity index (χ2v) is 13.8. The van der Waals surface area contributed by atoms with Crippen molar-refractivity contribution in [1.82, 2.24) is 0 Å². The number of furan rings is 1. The number of benzene rings is 9. The van der Waals surface area contributed by atoms with Gasteiger partial charge in [0.2, 0.25) is 0 Å². The molecule has 0 aliphatic heterocycles. The van der Waals surface area contributed by atoms with Gasteiger partial charge in [0.05, 0.1) is 0 Å². The summed E-state index contributed by atoms with van der Waals surface area (Å²) in [5.74, 6) is 0. The molecule has 0 spiro atoms. The summed E-state index contributed by atoms with van der Waals surface area (Å²) in [6, 6.07) is 75.9. The summed E-state index contributed by atoms with van der Waals surface area (Å²) in [6.45, 7) is 0. The lowest BCUT2D eigenvalue weighted by atomic mass is 9.94. The van der Waals surface area contributed by atoms with E-state index >= 15 is 0 Å². The van der Waals surface area contributed by atoms with Crippen LogP contribution < -0.4 is 4.90 Å². The zero-order valence-electron chi connectivity index (χ0n) is 29.6. The molecule has 0 radical (unpaired) electrons. The maximum absolute atomic E-state index is 6.20. The van der Waals surface area contributed by atoms with Gasteiger partial charge in [0.25, 0.3) is 0 Å². The molecule has 0 fully saturated rings. The van der Waals surface area contributed by atoms with Crippen molar-refractivity contribution < 1.29 is 4.42 Å². The highest BCUT2D eigenvalue weighted by Gasteiger charge is 2.16. The Labute approximate surface area is 314 Å². The van der Waals surface area contributed by atoms with Gasteiger partial charge in [0, 0.05) is 27.8 Å². The van der Waals surface area contributed by atoms with Crippen LogP contribution in [0.25, 0.3) is 77.2 Å². The third-order valence-corrected chi connectivity index (χ3v) is 10.5. The van der Waals surface area contributed by atoms with Crippen molar-refractivity contribution in [3.8, 4) is 44.5 Å². The maximum Gasteiger partial charge on any atom is 0.135 e. The molecule has 10 rings (SSSR count). The van der Waals surface area contributed by atoms with Gasteiger partial charge >= 0.3 is 0 Å². The molecular formula is C52H35NO. The van der Waals surface area contributed by atoms with Gasteiger partial charge in [-0.05, 0) is 116 Å². The predicted octanol–water partition coefficient (Wildman–Crippen LogP) is 14.9. The highest BCUT2D eigenvalue weighted by molar-refractivity contribution is 6.06. The van der Waals surface area contributed by atoms with Crippen LogP contribution in [0.1, 0.15) is 0 Å². The van der Waals surface area contributed by atoms with Gasteiger partial charge in [0.1, 0.15) is 11.2 Å². The highest BCUT2D eigenvalue weighted by Crippen LogP contribution is 2.40. The third-order valence-electron chi connectivity index (χ3n) is 10.5. The summed E-state index contributed by atoms with van der Waals surface area (Å²) >= 11 is 0. The molecule has 2 nitrogen and oxygen atoms in total. The standard InChI is InChI=1S/C52H35NO/c1-2-11-36(12-3-1)37-23-27-44(28-24-37)53(46-31-32-52-50(35-46)49-20-6-7-22-51(49)54-52)45-29-25-38(26-30-45)40-15-8-16-41(33-40)42-17-9-18-43(34-42)48-21-10-14-39-13-4-5-19-47(39)48/h1-35H. The van der Waals surface area contributed by atoms with E-state index < -0.39 is 0 Å². The molecular weight excluding hydrogens is 655 g/mol. The molecule has 2 heteroatoms. The topological polar surface area (TPSA) is 16.4 Å². The lowest BCUT2D eigenvalue weighted by Crippen LogP contribution is -2.09. The van der Waals surface area contributed by atoms with E-state index in [1.165, 1.54) is 55.3 Å². The van der Waals surface area contributed by atoms with Gasteiger partial charge < -0.3 is 9.32 Å². The van der Waals surface area contributed by atoms with Crippen LogP contribution in [0.5, 0.6) is 0 Å². The Balaban J connectivity index is 1.01. The number of hydrogen-bond donors (Lipinski definition) is 0. The first-order valence-electron chi connectivity index (χ1n) is 18.4.